The Hall–Kier alpha value is -2.61. The average molecular weight is 409 g/mol. The molecular weight excluding hydrogens is 387 g/mol. The molecule has 1 aromatic carbocycles. The number of pyridine rings is 1. The number of carbonyl (C=O) groups excluding carboxylic acids is 1. The molecule has 0 unspecified atom stereocenters. The number of fused-ring (bicyclic) bond motifs is 1. The topological polar surface area (TPSA) is 57.7 Å². The highest BCUT2D eigenvalue weighted by Gasteiger charge is 2.36. The minimum Gasteiger partial charge on any atom is -0.469 e. The first-order chi connectivity index (χ1) is 13.7. The molecule has 3 rings (SSSR count). The summed E-state index contributed by atoms with van der Waals surface area (Å²) in [6.07, 6.45) is 0.769. The van der Waals surface area contributed by atoms with Crippen molar-refractivity contribution >= 4 is 5.97 Å². The number of rotatable bonds is 6. The van der Waals surface area contributed by atoms with Gasteiger partial charge in [-0.05, 0) is 56.9 Å². The third kappa shape index (κ3) is 4.70. The van der Waals surface area contributed by atoms with Gasteiger partial charge in [0, 0.05) is 11.1 Å². The molecule has 0 fully saturated rings. The molecular formula is C21H22F3NO4. The molecule has 0 amide bonds. The fourth-order valence-electron chi connectivity index (χ4n) is 3.28. The maximum Gasteiger partial charge on any atom is 0.357 e. The molecule has 1 aliphatic heterocycles. The summed E-state index contributed by atoms with van der Waals surface area (Å²) in [4.78, 5) is 16.5. The Labute approximate surface area is 166 Å². The van der Waals surface area contributed by atoms with Crippen molar-refractivity contribution in [1.82, 2.24) is 4.98 Å². The van der Waals surface area contributed by atoms with Gasteiger partial charge in [-0.15, -0.1) is 0 Å². The van der Waals surface area contributed by atoms with E-state index >= 15 is 0 Å². The summed E-state index contributed by atoms with van der Waals surface area (Å²) in [6, 6.07) is 6.27. The number of nitrogens with zero attached hydrogens (tertiary/aromatic N) is 1. The van der Waals surface area contributed by atoms with E-state index in [1.54, 1.807) is 32.9 Å². The number of aromatic nitrogens is 1. The van der Waals surface area contributed by atoms with Crippen molar-refractivity contribution < 1.29 is 32.2 Å². The van der Waals surface area contributed by atoms with Gasteiger partial charge in [-0.2, -0.15) is 8.78 Å². The average Bonchev–Trinajstić information content (AvgIpc) is 2.66. The largest absolute Gasteiger partial charge is 0.469 e. The van der Waals surface area contributed by atoms with Crippen molar-refractivity contribution in [3.63, 3.8) is 0 Å². The van der Waals surface area contributed by atoms with Crippen molar-refractivity contribution in [3.8, 4) is 17.0 Å². The Bertz CT molecular complexity index is 919. The Kier molecular flexibility index (Phi) is 6.12. The summed E-state index contributed by atoms with van der Waals surface area (Å²) in [5.74, 6) is -1.02. The zero-order chi connectivity index (χ0) is 21.2. The lowest BCUT2D eigenvalue weighted by atomic mass is 9.89. The second-order valence-electron chi connectivity index (χ2n) is 7.17. The van der Waals surface area contributed by atoms with Gasteiger partial charge in [0.2, 0.25) is 5.88 Å². The predicted octanol–water partition coefficient (Wildman–Crippen LogP) is 4.70. The first-order valence-electron chi connectivity index (χ1n) is 9.29. The van der Waals surface area contributed by atoms with E-state index in [9.17, 15) is 18.0 Å². The van der Waals surface area contributed by atoms with Crippen LogP contribution in [0.25, 0.3) is 11.1 Å². The quantitative estimate of drug-likeness (QED) is 0.648. The van der Waals surface area contributed by atoms with Crippen LogP contribution in [0.15, 0.2) is 24.3 Å². The number of hydrogen-bond donors (Lipinski definition) is 0. The van der Waals surface area contributed by atoms with Gasteiger partial charge < -0.3 is 14.2 Å². The molecule has 156 valence electrons. The van der Waals surface area contributed by atoms with E-state index in [0.717, 1.165) is 5.56 Å². The van der Waals surface area contributed by atoms with Gasteiger partial charge in [0.1, 0.15) is 11.4 Å². The number of hydrogen-bond acceptors (Lipinski definition) is 5. The molecule has 0 saturated carbocycles. The van der Waals surface area contributed by atoms with Crippen molar-refractivity contribution in [2.24, 2.45) is 0 Å². The van der Waals surface area contributed by atoms with Crippen LogP contribution in [0.1, 0.15) is 41.9 Å². The van der Waals surface area contributed by atoms with Gasteiger partial charge in [-0.1, -0.05) is 12.1 Å². The molecule has 0 N–H and O–H groups in total. The predicted molar refractivity (Wildman–Crippen MR) is 99.6 cm³/mol. The van der Waals surface area contributed by atoms with Crippen LogP contribution in [0.5, 0.6) is 5.88 Å². The normalized spacial score (nSPS) is 18.3. The monoisotopic (exact) mass is 409 g/mol. The first-order valence-corrected chi connectivity index (χ1v) is 9.29. The lowest BCUT2D eigenvalue weighted by molar-refractivity contribution is -0.164. The molecule has 1 aromatic heterocycles. The Morgan fingerprint density at radius 3 is 2.72 bits per heavy atom. The van der Waals surface area contributed by atoms with Crippen molar-refractivity contribution in [1.29, 1.82) is 0 Å². The molecule has 5 nitrogen and oxygen atoms in total. The minimum absolute atomic E-state index is 0.0420. The van der Waals surface area contributed by atoms with Crippen LogP contribution in [0, 0.1) is 12.7 Å². The van der Waals surface area contributed by atoms with Crippen LogP contribution in [0.3, 0.4) is 0 Å². The number of halogens is 3. The van der Waals surface area contributed by atoms with E-state index in [1.165, 1.54) is 12.1 Å². The number of benzene rings is 1. The summed E-state index contributed by atoms with van der Waals surface area (Å²) in [5.41, 5.74) is 1.04. The maximum absolute atomic E-state index is 14.7. The zero-order valence-corrected chi connectivity index (χ0v) is 16.4. The van der Waals surface area contributed by atoms with E-state index in [1.807, 2.05) is 0 Å². The number of carbonyl (C=O) groups is 1. The van der Waals surface area contributed by atoms with Gasteiger partial charge in [-0.25, -0.2) is 14.2 Å². The molecule has 0 aliphatic carbocycles. The second kappa shape index (κ2) is 8.41. The zero-order valence-electron chi connectivity index (χ0n) is 16.4. The van der Waals surface area contributed by atoms with E-state index in [4.69, 9.17) is 9.47 Å². The van der Waals surface area contributed by atoms with Crippen LogP contribution in [-0.4, -0.2) is 36.4 Å². The molecule has 1 aliphatic rings. The molecule has 0 bridgehead atoms. The summed E-state index contributed by atoms with van der Waals surface area (Å²) in [7, 11) is 0. The SMILES string of the molecule is CCOC(=O)c1cc(-c2ccc(C)cc2F)c2c(n1)O[C@@](C)(COC(F)F)CC2. The first kappa shape index (κ1) is 21.1. The van der Waals surface area contributed by atoms with Gasteiger partial charge in [0.25, 0.3) is 0 Å². The van der Waals surface area contributed by atoms with Gasteiger partial charge in [0.05, 0.1) is 13.2 Å². The fourth-order valence-corrected chi connectivity index (χ4v) is 3.28. The fraction of sp³-hybridized carbons (Fsp3) is 0.429. The number of alkyl halides is 2. The second-order valence-corrected chi connectivity index (χ2v) is 7.17. The van der Waals surface area contributed by atoms with E-state index < -0.39 is 24.0 Å². The standard InChI is InChI=1S/C21H22F3NO4/c1-4-27-19(26)17-10-15(13-6-5-12(2)9-16(13)22)14-7-8-21(3,11-28-20(23)24)29-18(14)25-17/h5-6,9-10,20H,4,7-8,11H2,1-3H3/t21-/m1/s1. The Balaban J connectivity index is 2.08. The van der Waals surface area contributed by atoms with Gasteiger partial charge >= 0.3 is 12.6 Å². The molecule has 0 spiro atoms. The summed E-state index contributed by atoms with van der Waals surface area (Å²) >= 11 is 0. The molecule has 0 saturated heterocycles. The van der Waals surface area contributed by atoms with Crippen LogP contribution in [0.2, 0.25) is 0 Å². The number of aryl methyl sites for hydroxylation is 1. The van der Waals surface area contributed by atoms with Crippen molar-refractivity contribution in [3.05, 3.63) is 46.9 Å². The third-order valence-electron chi connectivity index (χ3n) is 4.75. The molecule has 2 aromatic rings. The summed E-state index contributed by atoms with van der Waals surface area (Å²) in [6.45, 7) is 1.94. The van der Waals surface area contributed by atoms with E-state index in [2.05, 4.69) is 9.72 Å². The van der Waals surface area contributed by atoms with Crippen LogP contribution in [0.4, 0.5) is 13.2 Å². The smallest absolute Gasteiger partial charge is 0.357 e. The van der Waals surface area contributed by atoms with Crippen LogP contribution < -0.4 is 4.74 Å². The molecule has 8 heteroatoms. The maximum atomic E-state index is 14.7. The molecule has 1 atom stereocenters. The lowest BCUT2D eigenvalue weighted by Gasteiger charge is -2.35. The minimum atomic E-state index is -2.92. The highest BCUT2D eigenvalue weighted by atomic mass is 19.3. The van der Waals surface area contributed by atoms with E-state index in [-0.39, 0.29) is 24.8 Å². The molecule has 29 heavy (non-hydrogen) atoms. The summed E-state index contributed by atoms with van der Waals surface area (Å²) in [5, 5.41) is 0. The number of esters is 1. The third-order valence-corrected chi connectivity index (χ3v) is 4.75. The molecule has 2 heterocycles. The van der Waals surface area contributed by atoms with Crippen molar-refractivity contribution in [2.45, 2.75) is 45.8 Å². The summed E-state index contributed by atoms with van der Waals surface area (Å²) < 4.78 is 54.9. The van der Waals surface area contributed by atoms with E-state index in [0.29, 0.717) is 29.5 Å². The van der Waals surface area contributed by atoms with Gasteiger partial charge in [-0.3, -0.25) is 0 Å². The van der Waals surface area contributed by atoms with Crippen LogP contribution in [-0.2, 0) is 15.9 Å². The Morgan fingerprint density at radius 2 is 2.07 bits per heavy atom. The highest BCUT2D eigenvalue weighted by molar-refractivity contribution is 5.90. The number of ether oxygens (including phenoxy) is 3. The Morgan fingerprint density at radius 1 is 1.31 bits per heavy atom. The lowest BCUT2D eigenvalue weighted by Crippen LogP contribution is -2.42. The van der Waals surface area contributed by atoms with Crippen LogP contribution >= 0.6 is 0 Å². The molecule has 0 radical (unpaired) electrons. The van der Waals surface area contributed by atoms with Gasteiger partial charge in [0.15, 0.2) is 5.69 Å². The van der Waals surface area contributed by atoms with Crippen molar-refractivity contribution in [2.75, 3.05) is 13.2 Å². The highest BCUT2D eigenvalue weighted by Crippen LogP contribution is 2.39.